The van der Waals surface area contributed by atoms with Gasteiger partial charge in [0.25, 0.3) is 0 Å². The van der Waals surface area contributed by atoms with Gasteiger partial charge in [-0.3, -0.25) is 4.79 Å². The van der Waals surface area contributed by atoms with Crippen LogP contribution in [0.5, 0.6) is 0 Å². The molecule has 0 amide bonds. The predicted molar refractivity (Wildman–Crippen MR) is 50.6 cm³/mol. The van der Waals surface area contributed by atoms with Crippen LogP contribution >= 0.6 is 0 Å². The van der Waals surface area contributed by atoms with Crippen LogP contribution in [0.3, 0.4) is 0 Å². The Morgan fingerprint density at radius 3 is 2.20 bits per heavy atom. The third kappa shape index (κ3) is 2.94. The second-order valence-electron chi connectivity index (χ2n) is 2.99. The summed E-state index contributed by atoms with van der Waals surface area (Å²) in [5.41, 5.74) is -0.486. The first-order chi connectivity index (χ1) is 6.95. The van der Waals surface area contributed by atoms with Crippen molar-refractivity contribution < 1.29 is 18.0 Å². The molecule has 1 nitrogen and oxygen atoms in total. The van der Waals surface area contributed by atoms with Gasteiger partial charge < -0.3 is 0 Å². The molecule has 0 aliphatic heterocycles. The van der Waals surface area contributed by atoms with Gasteiger partial charge in [-0.25, -0.2) is 0 Å². The van der Waals surface area contributed by atoms with Crippen LogP contribution in [-0.2, 0) is 6.18 Å². The van der Waals surface area contributed by atoms with Gasteiger partial charge in [-0.05, 0) is 12.1 Å². The fourth-order valence-electron chi connectivity index (χ4n) is 1.09. The predicted octanol–water partition coefficient (Wildman–Crippen LogP) is 3.46. The van der Waals surface area contributed by atoms with E-state index in [9.17, 15) is 18.0 Å². The van der Waals surface area contributed by atoms with Crippen LogP contribution in [0.15, 0.2) is 36.9 Å². The van der Waals surface area contributed by atoms with E-state index < -0.39 is 11.7 Å². The van der Waals surface area contributed by atoms with Crippen molar-refractivity contribution in [1.29, 1.82) is 0 Å². The fourth-order valence-corrected chi connectivity index (χ4v) is 1.09. The molecule has 0 saturated carbocycles. The maximum absolute atomic E-state index is 12.2. The van der Waals surface area contributed by atoms with E-state index in [1.54, 1.807) is 0 Å². The number of ketones is 1. The molecular formula is C11H9F3O. The van der Waals surface area contributed by atoms with Gasteiger partial charge in [0, 0.05) is 12.0 Å². The Morgan fingerprint density at radius 1 is 1.27 bits per heavy atom. The van der Waals surface area contributed by atoms with Crippen molar-refractivity contribution in [1.82, 2.24) is 0 Å². The smallest absolute Gasteiger partial charge is 0.294 e. The molecule has 0 N–H and O–H groups in total. The van der Waals surface area contributed by atoms with Crippen LogP contribution < -0.4 is 0 Å². The van der Waals surface area contributed by atoms with Crippen LogP contribution in [-0.4, -0.2) is 5.78 Å². The largest absolute Gasteiger partial charge is 0.416 e. The molecule has 1 aromatic carbocycles. The van der Waals surface area contributed by atoms with Crippen molar-refractivity contribution in [2.75, 3.05) is 0 Å². The molecule has 1 rings (SSSR count). The van der Waals surface area contributed by atoms with Crippen molar-refractivity contribution in [3.8, 4) is 0 Å². The third-order valence-electron chi connectivity index (χ3n) is 1.86. The third-order valence-corrected chi connectivity index (χ3v) is 1.86. The van der Waals surface area contributed by atoms with E-state index in [0.29, 0.717) is 0 Å². The van der Waals surface area contributed by atoms with Gasteiger partial charge in [-0.2, -0.15) is 13.2 Å². The molecule has 0 heterocycles. The van der Waals surface area contributed by atoms with Crippen LogP contribution in [0, 0.1) is 0 Å². The molecule has 0 fully saturated rings. The maximum atomic E-state index is 12.2. The average Bonchev–Trinajstić information content (AvgIpc) is 2.17. The van der Waals surface area contributed by atoms with Gasteiger partial charge >= 0.3 is 6.18 Å². The van der Waals surface area contributed by atoms with E-state index >= 15 is 0 Å². The highest BCUT2D eigenvalue weighted by molar-refractivity contribution is 5.96. The minimum Gasteiger partial charge on any atom is -0.294 e. The molecule has 15 heavy (non-hydrogen) atoms. The number of carbonyl (C=O) groups excluding carboxylic acids is 1. The number of carbonyl (C=O) groups is 1. The highest BCUT2D eigenvalue weighted by atomic mass is 19.4. The number of benzene rings is 1. The minimum absolute atomic E-state index is 0.130. The zero-order valence-corrected chi connectivity index (χ0v) is 7.84. The lowest BCUT2D eigenvalue weighted by Gasteiger charge is -2.06. The Labute approximate surface area is 85.2 Å². The van der Waals surface area contributed by atoms with Gasteiger partial charge in [-0.15, -0.1) is 6.58 Å². The standard InChI is InChI=1S/C11H9F3O/c1-2-3-10(15)8-4-6-9(7-5-8)11(12,13)14/h2,4-7H,1,3H2. The lowest BCUT2D eigenvalue weighted by molar-refractivity contribution is -0.137. The van der Waals surface area contributed by atoms with E-state index in [2.05, 4.69) is 6.58 Å². The molecule has 0 bridgehead atoms. The number of alkyl halides is 3. The summed E-state index contributed by atoms with van der Waals surface area (Å²) in [7, 11) is 0. The quantitative estimate of drug-likeness (QED) is 0.556. The summed E-state index contributed by atoms with van der Waals surface area (Å²) in [4.78, 5) is 11.3. The molecule has 0 aliphatic carbocycles. The monoisotopic (exact) mass is 214 g/mol. The topological polar surface area (TPSA) is 17.1 Å². The van der Waals surface area contributed by atoms with Crippen LogP contribution in [0.2, 0.25) is 0 Å². The second-order valence-corrected chi connectivity index (χ2v) is 2.99. The minimum atomic E-state index is -4.36. The van der Waals surface area contributed by atoms with Gasteiger partial charge in [0.2, 0.25) is 0 Å². The molecule has 80 valence electrons. The van der Waals surface area contributed by atoms with Crippen molar-refractivity contribution in [2.45, 2.75) is 12.6 Å². The second kappa shape index (κ2) is 4.29. The highest BCUT2D eigenvalue weighted by Crippen LogP contribution is 2.29. The first kappa shape index (κ1) is 11.5. The Kier molecular flexibility index (Phi) is 3.29. The summed E-state index contributed by atoms with van der Waals surface area (Å²) in [6.45, 7) is 3.38. The first-order valence-corrected chi connectivity index (χ1v) is 4.26. The molecule has 1 aromatic rings. The molecule has 0 radical (unpaired) electrons. The Morgan fingerprint density at radius 2 is 1.80 bits per heavy atom. The zero-order valence-electron chi connectivity index (χ0n) is 7.84. The van der Waals surface area contributed by atoms with E-state index in [0.717, 1.165) is 12.1 Å². The molecule has 4 heteroatoms. The lowest BCUT2D eigenvalue weighted by Crippen LogP contribution is -2.05. The van der Waals surface area contributed by atoms with E-state index in [1.165, 1.54) is 18.2 Å². The van der Waals surface area contributed by atoms with Gasteiger partial charge in [0.05, 0.1) is 5.56 Å². The normalized spacial score (nSPS) is 11.1. The number of hydrogen-bond donors (Lipinski definition) is 0. The summed E-state index contributed by atoms with van der Waals surface area (Å²) < 4.78 is 36.5. The Bertz CT molecular complexity index is 362. The van der Waals surface area contributed by atoms with Crippen molar-refractivity contribution in [2.24, 2.45) is 0 Å². The SMILES string of the molecule is C=CCC(=O)c1ccc(C(F)(F)F)cc1. The molecule has 0 spiro atoms. The molecular weight excluding hydrogens is 205 g/mol. The summed E-state index contributed by atoms with van der Waals surface area (Å²) in [6, 6.07) is 4.15. The van der Waals surface area contributed by atoms with Crippen LogP contribution in [0.25, 0.3) is 0 Å². The lowest BCUT2D eigenvalue weighted by atomic mass is 10.1. The van der Waals surface area contributed by atoms with E-state index in [1.807, 2.05) is 0 Å². The summed E-state index contributed by atoms with van der Waals surface area (Å²) in [6.07, 6.45) is -2.81. The van der Waals surface area contributed by atoms with Crippen LogP contribution in [0.4, 0.5) is 13.2 Å². The van der Waals surface area contributed by atoms with Crippen molar-refractivity contribution in [3.05, 3.63) is 48.0 Å². The average molecular weight is 214 g/mol. The Hall–Kier alpha value is -1.58. The number of halogens is 3. The van der Waals surface area contributed by atoms with Gasteiger partial charge in [-0.1, -0.05) is 18.2 Å². The van der Waals surface area contributed by atoms with Crippen molar-refractivity contribution >= 4 is 5.78 Å². The van der Waals surface area contributed by atoms with Gasteiger partial charge in [0.15, 0.2) is 5.78 Å². The van der Waals surface area contributed by atoms with E-state index in [4.69, 9.17) is 0 Å². The van der Waals surface area contributed by atoms with Crippen LogP contribution in [0.1, 0.15) is 22.3 Å². The summed E-state index contributed by atoms with van der Waals surface area (Å²) in [5.74, 6) is -0.237. The number of hydrogen-bond acceptors (Lipinski definition) is 1. The fraction of sp³-hybridized carbons (Fsp3) is 0.182. The van der Waals surface area contributed by atoms with Crippen molar-refractivity contribution in [3.63, 3.8) is 0 Å². The number of rotatable bonds is 3. The molecule has 0 unspecified atom stereocenters. The number of Topliss-reactive ketones (excluding diaryl/α,β-unsaturated/α-hetero) is 1. The Balaban J connectivity index is 2.90. The number of allylic oxidation sites excluding steroid dienone is 1. The maximum Gasteiger partial charge on any atom is 0.416 e. The zero-order chi connectivity index (χ0) is 11.5. The first-order valence-electron chi connectivity index (χ1n) is 4.26. The molecule has 0 atom stereocenters. The summed E-state index contributed by atoms with van der Waals surface area (Å²) >= 11 is 0. The molecule has 0 aromatic heterocycles. The molecule has 0 aliphatic rings. The van der Waals surface area contributed by atoms with E-state index in [-0.39, 0.29) is 17.8 Å². The summed E-state index contributed by atoms with van der Waals surface area (Å²) in [5, 5.41) is 0. The molecule has 0 saturated heterocycles. The van der Waals surface area contributed by atoms with Gasteiger partial charge in [0.1, 0.15) is 0 Å². The highest BCUT2D eigenvalue weighted by Gasteiger charge is 2.30.